The van der Waals surface area contributed by atoms with Crippen LogP contribution in [0.5, 0.6) is 5.75 Å². The van der Waals surface area contributed by atoms with Crippen LogP contribution < -0.4 is 4.74 Å². The molecular formula is C14H21NO2. The number of rotatable bonds is 2. The lowest BCUT2D eigenvalue weighted by Crippen LogP contribution is -2.24. The summed E-state index contributed by atoms with van der Waals surface area (Å²) in [6.07, 6.45) is 0. The van der Waals surface area contributed by atoms with Crippen molar-refractivity contribution in [2.45, 2.75) is 27.7 Å². The van der Waals surface area contributed by atoms with Crippen molar-refractivity contribution in [3.8, 4) is 5.75 Å². The van der Waals surface area contributed by atoms with Gasteiger partial charge in [0, 0.05) is 19.7 Å². The lowest BCUT2D eigenvalue weighted by atomic mass is 9.92. The largest absolute Gasteiger partial charge is 0.496 e. The van der Waals surface area contributed by atoms with Crippen molar-refractivity contribution >= 4 is 5.91 Å². The molecule has 0 saturated carbocycles. The smallest absolute Gasteiger partial charge is 0.253 e. The number of carbonyl (C=O) groups is 1. The fraction of sp³-hybridized carbons (Fsp3) is 0.500. The number of ether oxygens (including phenoxy) is 1. The molecule has 0 fully saturated rings. The van der Waals surface area contributed by atoms with Crippen LogP contribution in [0.15, 0.2) is 0 Å². The summed E-state index contributed by atoms with van der Waals surface area (Å²) < 4.78 is 5.41. The van der Waals surface area contributed by atoms with Gasteiger partial charge in [-0.25, -0.2) is 0 Å². The molecule has 17 heavy (non-hydrogen) atoms. The molecule has 0 aliphatic carbocycles. The lowest BCUT2D eigenvalue weighted by Gasteiger charge is -2.21. The minimum absolute atomic E-state index is 0.0499. The standard InChI is InChI=1S/C14H21NO2/c1-8-10(3)13(17-7)11(4)9(2)12(8)14(16)15(5)6/h1-7H3. The summed E-state index contributed by atoms with van der Waals surface area (Å²) >= 11 is 0. The minimum atomic E-state index is 0.0499. The van der Waals surface area contributed by atoms with E-state index >= 15 is 0 Å². The van der Waals surface area contributed by atoms with Crippen LogP contribution in [-0.4, -0.2) is 32.0 Å². The van der Waals surface area contributed by atoms with Gasteiger partial charge in [-0.3, -0.25) is 4.79 Å². The van der Waals surface area contributed by atoms with Crippen molar-refractivity contribution in [1.82, 2.24) is 4.90 Å². The minimum Gasteiger partial charge on any atom is -0.496 e. The molecule has 0 unspecified atom stereocenters. The van der Waals surface area contributed by atoms with Crippen LogP contribution in [0.2, 0.25) is 0 Å². The maximum Gasteiger partial charge on any atom is 0.253 e. The molecule has 94 valence electrons. The van der Waals surface area contributed by atoms with Crippen LogP contribution >= 0.6 is 0 Å². The average Bonchev–Trinajstić information content (AvgIpc) is 2.27. The summed E-state index contributed by atoms with van der Waals surface area (Å²) in [7, 11) is 5.22. The first-order chi connectivity index (χ1) is 7.82. The van der Waals surface area contributed by atoms with Crippen molar-refractivity contribution in [3.63, 3.8) is 0 Å². The van der Waals surface area contributed by atoms with Crippen LogP contribution in [0.3, 0.4) is 0 Å². The van der Waals surface area contributed by atoms with Crippen LogP contribution in [0.25, 0.3) is 0 Å². The molecule has 0 bridgehead atoms. The van der Waals surface area contributed by atoms with Crippen LogP contribution in [0.4, 0.5) is 0 Å². The highest BCUT2D eigenvalue weighted by molar-refractivity contribution is 5.98. The fourth-order valence-corrected chi connectivity index (χ4v) is 2.13. The number of carbonyl (C=O) groups excluding carboxylic acids is 1. The Morgan fingerprint density at radius 2 is 1.35 bits per heavy atom. The van der Waals surface area contributed by atoms with Crippen LogP contribution in [0.1, 0.15) is 32.6 Å². The Bertz CT molecular complexity index is 433. The summed E-state index contributed by atoms with van der Waals surface area (Å²) in [4.78, 5) is 13.8. The van der Waals surface area contributed by atoms with E-state index < -0.39 is 0 Å². The lowest BCUT2D eigenvalue weighted by molar-refractivity contribution is 0.0826. The molecule has 0 aromatic heterocycles. The van der Waals surface area contributed by atoms with Crippen molar-refractivity contribution in [1.29, 1.82) is 0 Å². The molecule has 1 rings (SSSR count). The van der Waals surface area contributed by atoms with E-state index in [2.05, 4.69) is 0 Å². The Hall–Kier alpha value is -1.51. The third-order valence-electron chi connectivity index (χ3n) is 3.38. The van der Waals surface area contributed by atoms with Gasteiger partial charge in [0.15, 0.2) is 0 Å². The molecule has 1 amide bonds. The van der Waals surface area contributed by atoms with E-state index in [1.807, 2.05) is 27.7 Å². The van der Waals surface area contributed by atoms with Gasteiger partial charge in [0.1, 0.15) is 5.75 Å². The predicted octanol–water partition coefficient (Wildman–Crippen LogP) is 2.63. The summed E-state index contributed by atoms with van der Waals surface area (Å²) in [6, 6.07) is 0. The molecule has 0 N–H and O–H groups in total. The maximum atomic E-state index is 12.2. The highest BCUT2D eigenvalue weighted by Gasteiger charge is 2.20. The molecule has 0 saturated heterocycles. The van der Waals surface area contributed by atoms with Crippen LogP contribution in [0, 0.1) is 27.7 Å². The highest BCUT2D eigenvalue weighted by Crippen LogP contribution is 2.32. The molecule has 0 aliphatic heterocycles. The number of hydrogen-bond donors (Lipinski definition) is 0. The van der Waals surface area contributed by atoms with Gasteiger partial charge in [0.2, 0.25) is 0 Å². The van der Waals surface area contributed by atoms with Gasteiger partial charge in [-0.1, -0.05) is 0 Å². The predicted molar refractivity (Wildman–Crippen MR) is 70.0 cm³/mol. The summed E-state index contributed by atoms with van der Waals surface area (Å²) in [5.74, 6) is 0.934. The second-order valence-electron chi connectivity index (χ2n) is 4.61. The molecule has 1 aromatic rings. The van der Waals surface area contributed by atoms with E-state index in [0.717, 1.165) is 33.6 Å². The number of benzene rings is 1. The van der Waals surface area contributed by atoms with Crippen molar-refractivity contribution in [2.24, 2.45) is 0 Å². The Balaban J connectivity index is 3.59. The average molecular weight is 235 g/mol. The van der Waals surface area contributed by atoms with Crippen molar-refractivity contribution < 1.29 is 9.53 Å². The van der Waals surface area contributed by atoms with Gasteiger partial charge in [-0.15, -0.1) is 0 Å². The van der Waals surface area contributed by atoms with E-state index in [0.29, 0.717) is 0 Å². The fourth-order valence-electron chi connectivity index (χ4n) is 2.13. The molecule has 3 nitrogen and oxygen atoms in total. The molecule has 1 aromatic carbocycles. The summed E-state index contributed by atoms with van der Waals surface area (Å²) in [5.41, 5.74) is 4.89. The van der Waals surface area contributed by atoms with Gasteiger partial charge in [-0.05, 0) is 49.9 Å². The first kappa shape index (κ1) is 13.6. The van der Waals surface area contributed by atoms with Gasteiger partial charge < -0.3 is 9.64 Å². The van der Waals surface area contributed by atoms with Gasteiger partial charge in [0.05, 0.1) is 7.11 Å². The van der Waals surface area contributed by atoms with Crippen LogP contribution in [-0.2, 0) is 0 Å². The summed E-state index contributed by atoms with van der Waals surface area (Å²) in [5, 5.41) is 0. The normalized spacial score (nSPS) is 10.3. The first-order valence-electron chi connectivity index (χ1n) is 5.68. The van der Waals surface area contributed by atoms with E-state index in [4.69, 9.17) is 4.74 Å². The van der Waals surface area contributed by atoms with E-state index in [9.17, 15) is 4.79 Å². The molecular weight excluding hydrogens is 214 g/mol. The zero-order valence-corrected chi connectivity index (χ0v) is 11.8. The van der Waals surface area contributed by atoms with E-state index in [-0.39, 0.29) is 5.91 Å². The quantitative estimate of drug-likeness (QED) is 0.788. The third kappa shape index (κ3) is 2.14. The molecule has 0 aliphatic rings. The Labute approximate surface area is 103 Å². The first-order valence-corrected chi connectivity index (χ1v) is 5.68. The number of amides is 1. The molecule has 3 heteroatoms. The third-order valence-corrected chi connectivity index (χ3v) is 3.38. The highest BCUT2D eigenvalue weighted by atomic mass is 16.5. The number of nitrogens with zero attached hydrogens (tertiary/aromatic N) is 1. The van der Waals surface area contributed by atoms with Gasteiger partial charge in [-0.2, -0.15) is 0 Å². The van der Waals surface area contributed by atoms with Crippen molar-refractivity contribution in [2.75, 3.05) is 21.2 Å². The Morgan fingerprint density at radius 3 is 1.65 bits per heavy atom. The number of methoxy groups -OCH3 is 1. The van der Waals surface area contributed by atoms with Gasteiger partial charge >= 0.3 is 0 Å². The topological polar surface area (TPSA) is 29.5 Å². The van der Waals surface area contributed by atoms with E-state index in [1.165, 1.54) is 0 Å². The SMILES string of the molecule is COc1c(C)c(C)c(C(=O)N(C)C)c(C)c1C. The Kier molecular flexibility index (Phi) is 3.81. The van der Waals surface area contributed by atoms with Crippen molar-refractivity contribution in [3.05, 3.63) is 27.8 Å². The second-order valence-corrected chi connectivity index (χ2v) is 4.61. The monoisotopic (exact) mass is 235 g/mol. The Morgan fingerprint density at radius 1 is 0.941 bits per heavy atom. The zero-order valence-electron chi connectivity index (χ0n) is 11.8. The molecule has 0 heterocycles. The van der Waals surface area contributed by atoms with Gasteiger partial charge in [0.25, 0.3) is 5.91 Å². The molecule has 0 spiro atoms. The number of hydrogen-bond acceptors (Lipinski definition) is 2. The molecule has 0 atom stereocenters. The van der Waals surface area contributed by atoms with E-state index in [1.54, 1.807) is 26.1 Å². The maximum absolute atomic E-state index is 12.2. The zero-order chi connectivity index (χ0) is 13.3. The molecule has 0 radical (unpaired) electrons. The second kappa shape index (κ2) is 4.78. The summed E-state index contributed by atoms with van der Waals surface area (Å²) in [6.45, 7) is 7.93.